The van der Waals surface area contributed by atoms with Crippen LogP contribution in [-0.2, 0) is 0 Å². The molecule has 0 aliphatic heterocycles. The normalized spacial score (nSPS) is 12.5. The third-order valence-corrected chi connectivity index (χ3v) is 2.27. The van der Waals surface area contributed by atoms with E-state index in [1.807, 2.05) is 18.2 Å². The Morgan fingerprint density at radius 3 is 2.77 bits per heavy atom. The Morgan fingerprint density at radius 2 is 2.15 bits per heavy atom. The van der Waals surface area contributed by atoms with Gasteiger partial charge in [0.1, 0.15) is 0 Å². The van der Waals surface area contributed by atoms with Gasteiger partial charge in [0.25, 0.3) is 0 Å². The third kappa shape index (κ3) is 2.71. The van der Waals surface area contributed by atoms with E-state index >= 15 is 0 Å². The van der Waals surface area contributed by atoms with Gasteiger partial charge in [-0.15, -0.1) is 6.58 Å². The Bertz CT molecular complexity index is 278. The molecule has 0 amide bonds. The van der Waals surface area contributed by atoms with Gasteiger partial charge in [-0.25, -0.2) is 0 Å². The predicted octanol–water partition coefficient (Wildman–Crippen LogP) is 2.96. The van der Waals surface area contributed by atoms with Gasteiger partial charge in [0.15, 0.2) is 0 Å². The zero-order valence-corrected chi connectivity index (χ0v) is 8.16. The minimum Gasteiger partial charge on any atom is -0.324 e. The molecule has 1 aromatic carbocycles. The van der Waals surface area contributed by atoms with E-state index in [0.29, 0.717) is 0 Å². The zero-order valence-electron chi connectivity index (χ0n) is 8.16. The number of hydrogen-bond donors (Lipinski definition) is 1. The maximum atomic E-state index is 6.03. The van der Waals surface area contributed by atoms with Crippen molar-refractivity contribution in [1.82, 2.24) is 0 Å². The van der Waals surface area contributed by atoms with E-state index < -0.39 is 0 Å². The van der Waals surface area contributed by atoms with Crippen molar-refractivity contribution in [2.45, 2.75) is 25.8 Å². The fourth-order valence-electron chi connectivity index (χ4n) is 1.46. The van der Waals surface area contributed by atoms with Crippen molar-refractivity contribution < 1.29 is 0 Å². The highest BCUT2D eigenvalue weighted by molar-refractivity contribution is 5.28. The highest BCUT2D eigenvalue weighted by Crippen LogP contribution is 2.19. The van der Waals surface area contributed by atoms with Crippen molar-refractivity contribution in [2.75, 3.05) is 0 Å². The molecular weight excluding hydrogens is 158 g/mol. The van der Waals surface area contributed by atoms with Gasteiger partial charge in [-0.1, -0.05) is 30.3 Å². The summed E-state index contributed by atoms with van der Waals surface area (Å²) in [6.45, 7) is 5.79. The monoisotopic (exact) mass is 175 g/mol. The number of hydrogen-bond acceptors (Lipinski definition) is 1. The van der Waals surface area contributed by atoms with Crippen molar-refractivity contribution in [3.05, 3.63) is 48.0 Å². The van der Waals surface area contributed by atoms with Gasteiger partial charge in [0.2, 0.25) is 0 Å². The van der Waals surface area contributed by atoms with Gasteiger partial charge in [-0.3, -0.25) is 0 Å². The van der Waals surface area contributed by atoms with Crippen LogP contribution in [-0.4, -0.2) is 0 Å². The summed E-state index contributed by atoms with van der Waals surface area (Å²) in [7, 11) is 0. The molecule has 0 spiro atoms. The highest BCUT2D eigenvalue weighted by atomic mass is 14.6. The molecule has 0 radical (unpaired) electrons. The van der Waals surface area contributed by atoms with Gasteiger partial charge < -0.3 is 5.73 Å². The maximum absolute atomic E-state index is 6.03. The fraction of sp³-hybridized carbons (Fsp3) is 0.333. The van der Waals surface area contributed by atoms with E-state index in [4.69, 9.17) is 5.73 Å². The van der Waals surface area contributed by atoms with Crippen LogP contribution in [0, 0.1) is 6.92 Å². The Morgan fingerprint density at radius 1 is 1.46 bits per heavy atom. The molecule has 0 fully saturated rings. The summed E-state index contributed by atoms with van der Waals surface area (Å²) in [5.41, 5.74) is 8.57. The molecule has 0 heterocycles. The van der Waals surface area contributed by atoms with Crippen LogP contribution in [0.2, 0.25) is 0 Å². The van der Waals surface area contributed by atoms with Crippen LogP contribution in [0.5, 0.6) is 0 Å². The molecule has 1 rings (SSSR count). The van der Waals surface area contributed by atoms with Crippen LogP contribution in [0.4, 0.5) is 0 Å². The fourth-order valence-corrected chi connectivity index (χ4v) is 1.46. The van der Waals surface area contributed by atoms with Crippen LogP contribution in [0.25, 0.3) is 0 Å². The molecule has 0 aliphatic rings. The first-order valence-corrected chi connectivity index (χ1v) is 4.67. The van der Waals surface area contributed by atoms with Crippen LogP contribution < -0.4 is 5.73 Å². The second-order valence-electron chi connectivity index (χ2n) is 3.33. The van der Waals surface area contributed by atoms with Gasteiger partial charge >= 0.3 is 0 Å². The average molecular weight is 175 g/mol. The van der Waals surface area contributed by atoms with E-state index in [2.05, 4.69) is 25.6 Å². The lowest BCUT2D eigenvalue weighted by atomic mass is 9.98. The molecule has 13 heavy (non-hydrogen) atoms. The summed E-state index contributed by atoms with van der Waals surface area (Å²) >= 11 is 0. The first-order chi connectivity index (χ1) is 6.25. The lowest BCUT2D eigenvalue weighted by molar-refractivity contribution is 0.657. The van der Waals surface area contributed by atoms with Gasteiger partial charge in [-0.05, 0) is 30.9 Å². The molecular formula is C12H17N. The molecule has 0 saturated heterocycles. The molecule has 70 valence electrons. The summed E-state index contributed by atoms with van der Waals surface area (Å²) in [5.74, 6) is 0. The predicted molar refractivity (Wildman–Crippen MR) is 57.5 cm³/mol. The molecule has 1 atom stereocenters. The van der Waals surface area contributed by atoms with Crippen molar-refractivity contribution in [1.29, 1.82) is 0 Å². The number of allylic oxidation sites excluding steroid dienone is 1. The summed E-state index contributed by atoms with van der Waals surface area (Å²) in [4.78, 5) is 0. The molecule has 1 aromatic rings. The van der Waals surface area contributed by atoms with Gasteiger partial charge in [0, 0.05) is 6.04 Å². The van der Waals surface area contributed by atoms with Crippen molar-refractivity contribution >= 4 is 0 Å². The molecule has 0 unspecified atom stereocenters. The number of nitrogens with two attached hydrogens (primary N) is 1. The molecule has 0 saturated carbocycles. The number of aryl methyl sites for hydroxylation is 1. The summed E-state index contributed by atoms with van der Waals surface area (Å²) in [6.07, 6.45) is 3.88. The van der Waals surface area contributed by atoms with Crippen LogP contribution in [0.3, 0.4) is 0 Å². The maximum Gasteiger partial charge on any atom is 0.0300 e. The third-order valence-electron chi connectivity index (χ3n) is 2.27. The molecule has 2 N–H and O–H groups in total. The highest BCUT2D eigenvalue weighted by Gasteiger charge is 2.06. The Labute approximate surface area is 80.3 Å². The quantitative estimate of drug-likeness (QED) is 0.699. The van der Waals surface area contributed by atoms with Crippen molar-refractivity contribution in [3.8, 4) is 0 Å². The minimum atomic E-state index is 0.152. The molecule has 0 bridgehead atoms. The topological polar surface area (TPSA) is 26.0 Å². The largest absolute Gasteiger partial charge is 0.324 e. The van der Waals surface area contributed by atoms with Crippen molar-refractivity contribution in [3.63, 3.8) is 0 Å². The van der Waals surface area contributed by atoms with E-state index in [1.165, 1.54) is 11.1 Å². The average Bonchev–Trinajstić information content (AvgIpc) is 2.15. The smallest absolute Gasteiger partial charge is 0.0300 e. The van der Waals surface area contributed by atoms with Crippen LogP contribution in [0.1, 0.15) is 30.0 Å². The first kappa shape index (κ1) is 10.0. The SMILES string of the molecule is C=CCC[C@@H](N)c1ccccc1C. The Hall–Kier alpha value is -1.08. The Balaban J connectivity index is 2.70. The second kappa shape index (κ2) is 4.83. The van der Waals surface area contributed by atoms with Crippen LogP contribution >= 0.6 is 0 Å². The molecule has 0 aromatic heterocycles. The molecule has 1 nitrogen and oxygen atoms in total. The standard InChI is InChI=1S/C12H17N/c1-3-4-9-12(13)11-8-6-5-7-10(11)2/h3,5-8,12H,1,4,9,13H2,2H3/t12-/m1/s1. The zero-order chi connectivity index (χ0) is 9.68. The van der Waals surface area contributed by atoms with Gasteiger partial charge in [0.05, 0.1) is 0 Å². The number of rotatable bonds is 4. The van der Waals surface area contributed by atoms with Crippen LogP contribution in [0.15, 0.2) is 36.9 Å². The lowest BCUT2D eigenvalue weighted by Crippen LogP contribution is -2.11. The number of benzene rings is 1. The molecule has 0 aliphatic carbocycles. The lowest BCUT2D eigenvalue weighted by Gasteiger charge is -2.13. The molecule has 1 heteroatoms. The second-order valence-corrected chi connectivity index (χ2v) is 3.33. The van der Waals surface area contributed by atoms with E-state index in [-0.39, 0.29) is 6.04 Å². The van der Waals surface area contributed by atoms with E-state index in [1.54, 1.807) is 0 Å². The summed E-state index contributed by atoms with van der Waals surface area (Å²) in [6, 6.07) is 8.43. The minimum absolute atomic E-state index is 0.152. The van der Waals surface area contributed by atoms with Crippen molar-refractivity contribution in [2.24, 2.45) is 5.73 Å². The Kier molecular flexibility index (Phi) is 3.71. The van der Waals surface area contributed by atoms with E-state index in [0.717, 1.165) is 12.8 Å². The van der Waals surface area contributed by atoms with E-state index in [9.17, 15) is 0 Å². The van der Waals surface area contributed by atoms with Gasteiger partial charge in [-0.2, -0.15) is 0 Å². The first-order valence-electron chi connectivity index (χ1n) is 4.67. The summed E-state index contributed by atoms with van der Waals surface area (Å²) < 4.78 is 0. The summed E-state index contributed by atoms with van der Waals surface area (Å²) in [5, 5.41) is 0.